The molecule has 0 bridgehead atoms. The Bertz CT molecular complexity index is 1380. The number of carbonyl (C=O) groups excluding carboxylic acids is 4. The fourth-order valence-corrected chi connectivity index (χ4v) is 4.68. The fourth-order valence-electron chi connectivity index (χ4n) is 4.68. The first-order valence-corrected chi connectivity index (χ1v) is 14.1. The van der Waals surface area contributed by atoms with Crippen molar-refractivity contribution >= 4 is 40.5 Å². The molecule has 0 spiro atoms. The smallest absolute Gasteiger partial charge is 0.475 e. The fraction of sp³-hybridized carbons (Fsp3) is 0.500. The minimum Gasteiger partial charge on any atom is -0.475 e. The van der Waals surface area contributed by atoms with Crippen LogP contribution in [0.25, 0.3) is 10.8 Å². The number of carbonyl (C=O) groups is 5. The Morgan fingerprint density at radius 3 is 2.32 bits per heavy atom. The van der Waals surface area contributed by atoms with Crippen LogP contribution in [0.5, 0.6) is 0 Å². The molecule has 11 nitrogen and oxygen atoms in total. The van der Waals surface area contributed by atoms with Crippen molar-refractivity contribution in [3.05, 3.63) is 48.0 Å². The number of alkyl halides is 3. The second-order valence-corrected chi connectivity index (χ2v) is 11.1. The summed E-state index contributed by atoms with van der Waals surface area (Å²) >= 11 is 0. The summed E-state index contributed by atoms with van der Waals surface area (Å²) in [4.78, 5) is 58.6. The van der Waals surface area contributed by atoms with Crippen LogP contribution in [-0.2, 0) is 40.1 Å². The van der Waals surface area contributed by atoms with Crippen molar-refractivity contribution in [3.63, 3.8) is 0 Å². The number of ether oxygens (including phenoxy) is 2. The average molecular weight is 624 g/mol. The zero-order chi connectivity index (χ0) is 32.8. The van der Waals surface area contributed by atoms with E-state index < -0.39 is 48.1 Å². The third kappa shape index (κ3) is 9.15. The van der Waals surface area contributed by atoms with E-state index in [0.717, 1.165) is 22.8 Å². The lowest BCUT2D eigenvalue weighted by Gasteiger charge is -2.37. The van der Waals surface area contributed by atoms with Crippen molar-refractivity contribution in [2.75, 3.05) is 0 Å². The molecule has 0 radical (unpaired) electrons. The van der Waals surface area contributed by atoms with E-state index in [0.29, 0.717) is 12.8 Å². The Morgan fingerprint density at radius 1 is 1.11 bits per heavy atom. The molecule has 2 amide bonds. The standard InChI is InChI=1S/C28H35N3O6.C2HF3O2/c1-4-15(2)23-24(37-28(23)35)26(33)30-21-12-20(21)13-22(31-25(32)16(3)29)27(34)36-14-17-9-10-18-7-5-6-8-19(18)11-17;3-2(4,5)1(6)7/h5-11,15-16,20-24H,4,12-14,29H2,1-3H3,(H,30,33)(H,31,32);(H,6,7). The van der Waals surface area contributed by atoms with Gasteiger partial charge in [-0.15, -0.1) is 0 Å². The summed E-state index contributed by atoms with van der Waals surface area (Å²) in [6.07, 6.45) is -4.12. The molecule has 4 rings (SSSR count). The number of cyclic esters (lactones) is 1. The lowest BCUT2D eigenvalue weighted by molar-refractivity contribution is -0.193. The third-order valence-electron chi connectivity index (χ3n) is 7.60. The topological polar surface area (TPSA) is 174 Å². The van der Waals surface area contributed by atoms with Crippen LogP contribution >= 0.6 is 0 Å². The first-order valence-electron chi connectivity index (χ1n) is 14.1. The van der Waals surface area contributed by atoms with Gasteiger partial charge in [0.25, 0.3) is 5.91 Å². The molecule has 14 heteroatoms. The predicted molar refractivity (Wildman–Crippen MR) is 150 cm³/mol. The highest BCUT2D eigenvalue weighted by Gasteiger charge is 2.51. The number of nitrogens with two attached hydrogens (primary N) is 1. The second kappa shape index (κ2) is 14.5. The molecule has 2 aromatic rings. The maximum Gasteiger partial charge on any atom is 0.490 e. The highest BCUT2D eigenvalue weighted by Crippen LogP contribution is 2.37. The highest BCUT2D eigenvalue weighted by molar-refractivity contribution is 5.94. The number of fused-ring (bicyclic) bond motifs is 1. The Labute approximate surface area is 251 Å². The maximum absolute atomic E-state index is 13.0. The summed E-state index contributed by atoms with van der Waals surface area (Å²) in [5.41, 5.74) is 6.53. The minimum atomic E-state index is -5.08. The normalized spacial score (nSPS) is 22.6. The summed E-state index contributed by atoms with van der Waals surface area (Å²) in [5, 5.41) is 14.9. The van der Waals surface area contributed by atoms with Gasteiger partial charge < -0.3 is 30.9 Å². The van der Waals surface area contributed by atoms with E-state index in [1.807, 2.05) is 56.3 Å². The monoisotopic (exact) mass is 623 g/mol. The number of halogens is 3. The SMILES string of the molecule is CCC(C)C1C(=O)OC1C(=O)NC1CC1CC(NC(=O)C(C)N)C(=O)OCc1ccc2ccccc2c1.O=C(O)C(F)(F)F. The Kier molecular flexibility index (Phi) is 11.3. The number of esters is 2. The van der Waals surface area contributed by atoms with E-state index in [9.17, 15) is 32.3 Å². The summed E-state index contributed by atoms with van der Waals surface area (Å²) in [7, 11) is 0. The van der Waals surface area contributed by atoms with Gasteiger partial charge >= 0.3 is 24.1 Å². The van der Waals surface area contributed by atoms with Crippen molar-refractivity contribution in [1.29, 1.82) is 0 Å². The van der Waals surface area contributed by atoms with Gasteiger partial charge in [0.05, 0.1) is 6.04 Å². The second-order valence-electron chi connectivity index (χ2n) is 11.1. The third-order valence-corrected chi connectivity index (χ3v) is 7.60. The molecular weight excluding hydrogens is 587 g/mol. The minimum absolute atomic E-state index is 0.0200. The van der Waals surface area contributed by atoms with E-state index in [4.69, 9.17) is 25.1 Å². The van der Waals surface area contributed by atoms with Crippen LogP contribution in [0.2, 0.25) is 0 Å². The Hall–Kier alpha value is -4.20. The van der Waals surface area contributed by atoms with Crippen LogP contribution in [-0.4, -0.2) is 65.2 Å². The number of nitrogens with one attached hydrogen (secondary N) is 2. The maximum atomic E-state index is 13.0. The first-order chi connectivity index (χ1) is 20.6. The van der Waals surface area contributed by atoms with E-state index >= 15 is 0 Å². The predicted octanol–water partition coefficient (Wildman–Crippen LogP) is 2.83. The molecule has 7 atom stereocenters. The van der Waals surface area contributed by atoms with Gasteiger partial charge in [-0.3, -0.25) is 14.4 Å². The summed E-state index contributed by atoms with van der Waals surface area (Å²) in [6.45, 7) is 5.52. The largest absolute Gasteiger partial charge is 0.490 e. The summed E-state index contributed by atoms with van der Waals surface area (Å²) in [5.74, 6) is -4.80. The van der Waals surface area contributed by atoms with Crippen LogP contribution in [0.3, 0.4) is 0 Å². The molecule has 1 aliphatic heterocycles. The van der Waals surface area contributed by atoms with Crippen LogP contribution in [0.15, 0.2) is 42.5 Å². The summed E-state index contributed by atoms with van der Waals surface area (Å²) < 4.78 is 42.4. The molecule has 7 unspecified atom stereocenters. The van der Waals surface area contributed by atoms with E-state index in [1.54, 1.807) is 6.92 Å². The molecule has 2 aliphatic rings. The molecule has 1 saturated heterocycles. The number of benzene rings is 2. The van der Waals surface area contributed by atoms with Crippen LogP contribution in [0.4, 0.5) is 13.2 Å². The molecule has 240 valence electrons. The molecule has 2 aromatic carbocycles. The first kappa shape index (κ1) is 34.3. The van der Waals surface area contributed by atoms with Crippen LogP contribution in [0.1, 0.15) is 45.6 Å². The number of hydrogen-bond donors (Lipinski definition) is 4. The van der Waals surface area contributed by atoms with Crippen molar-refractivity contribution in [2.24, 2.45) is 23.5 Å². The quantitative estimate of drug-likeness (QED) is 0.275. The molecule has 0 aromatic heterocycles. The van der Waals surface area contributed by atoms with Crippen LogP contribution < -0.4 is 16.4 Å². The molecule has 1 saturated carbocycles. The zero-order valence-corrected chi connectivity index (χ0v) is 24.4. The molecular formula is C30H36F3N3O8. The zero-order valence-electron chi connectivity index (χ0n) is 24.4. The molecule has 1 heterocycles. The van der Waals surface area contributed by atoms with E-state index in [1.165, 1.54) is 0 Å². The highest BCUT2D eigenvalue weighted by atomic mass is 19.4. The number of amides is 2. The van der Waals surface area contributed by atoms with Crippen molar-refractivity contribution < 1.29 is 51.7 Å². The Morgan fingerprint density at radius 2 is 1.75 bits per heavy atom. The molecule has 44 heavy (non-hydrogen) atoms. The molecule has 2 fully saturated rings. The van der Waals surface area contributed by atoms with Gasteiger partial charge in [-0.25, -0.2) is 9.59 Å². The van der Waals surface area contributed by atoms with Gasteiger partial charge in [0.15, 0.2) is 6.10 Å². The lowest BCUT2D eigenvalue weighted by atomic mass is 9.83. The molecule has 1 aliphatic carbocycles. The number of aliphatic carboxylic acids is 1. The van der Waals surface area contributed by atoms with Crippen molar-refractivity contribution in [3.8, 4) is 0 Å². The number of carboxylic acids is 1. The van der Waals surface area contributed by atoms with Gasteiger partial charge in [0.2, 0.25) is 5.91 Å². The molecule has 5 N–H and O–H groups in total. The van der Waals surface area contributed by atoms with Gasteiger partial charge in [0.1, 0.15) is 18.6 Å². The lowest BCUT2D eigenvalue weighted by Crippen LogP contribution is -2.56. The number of carboxylic acid groups (broad SMARTS) is 1. The summed E-state index contributed by atoms with van der Waals surface area (Å²) in [6, 6.07) is 11.9. The van der Waals surface area contributed by atoms with E-state index in [-0.39, 0.29) is 36.4 Å². The van der Waals surface area contributed by atoms with E-state index in [2.05, 4.69) is 10.6 Å². The number of rotatable bonds is 11. The van der Waals surface area contributed by atoms with Gasteiger partial charge in [-0.05, 0) is 54.0 Å². The average Bonchev–Trinajstić information content (AvgIpc) is 3.69. The Balaban J connectivity index is 0.000000676. The number of hydrogen-bond acceptors (Lipinski definition) is 8. The van der Waals surface area contributed by atoms with Gasteiger partial charge in [0, 0.05) is 6.04 Å². The van der Waals surface area contributed by atoms with Crippen LogP contribution in [0, 0.1) is 17.8 Å². The van der Waals surface area contributed by atoms with Crippen molar-refractivity contribution in [1.82, 2.24) is 10.6 Å². The van der Waals surface area contributed by atoms with Gasteiger partial charge in [-0.1, -0.05) is 56.7 Å². The van der Waals surface area contributed by atoms with Gasteiger partial charge in [-0.2, -0.15) is 13.2 Å². The van der Waals surface area contributed by atoms with Crippen molar-refractivity contribution in [2.45, 2.75) is 77.0 Å².